The maximum atomic E-state index is 2.33. The number of hydrogen-bond acceptors (Lipinski definition) is 0. The zero-order chi connectivity index (χ0) is 13.0. The van der Waals surface area contributed by atoms with Gasteiger partial charge in [-0.05, 0) is 25.7 Å². The number of nitrogens with zero attached hydrogens (tertiary/aromatic N) is 1. The van der Waals surface area contributed by atoms with Crippen molar-refractivity contribution in [3.05, 3.63) is 0 Å². The van der Waals surface area contributed by atoms with Crippen LogP contribution in [-0.2, 0) is 32.7 Å². The monoisotopic (exact) mass is 331 g/mol. The molecule has 0 aliphatic rings. The standard InChI is InChI=1S/C16H36N.Y/c1-5-9-13-17(14-10-6-2,15-11-7-3)16-12-8-4;/h5-16H2,1-4H3;/q+1;. The van der Waals surface area contributed by atoms with Crippen LogP contribution in [0.1, 0.15) is 79.1 Å². The first-order chi connectivity index (χ1) is 8.24. The Morgan fingerprint density at radius 2 is 0.722 bits per heavy atom. The minimum atomic E-state index is 0. The molecule has 0 aliphatic heterocycles. The molecule has 18 heavy (non-hydrogen) atoms. The largest absolute Gasteiger partial charge is 0.324 e. The van der Waals surface area contributed by atoms with Crippen molar-refractivity contribution in [3.8, 4) is 0 Å². The Balaban J connectivity index is 0. The van der Waals surface area contributed by atoms with Crippen LogP contribution < -0.4 is 0 Å². The van der Waals surface area contributed by atoms with Gasteiger partial charge in [0.25, 0.3) is 0 Å². The molecule has 0 saturated heterocycles. The maximum absolute atomic E-state index is 2.33. The Kier molecular flexibility index (Phi) is 17.2. The molecular formula is C16H36NY+. The summed E-state index contributed by atoms with van der Waals surface area (Å²) in [5.41, 5.74) is 0. The fraction of sp³-hybridized carbons (Fsp3) is 1.00. The van der Waals surface area contributed by atoms with Gasteiger partial charge in [0.2, 0.25) is 0 Å². The molecule has 0 aromatic rings. The van der Waals surface area contributed by atoms with E-state index in [-0.39, 0.29) is 32.7 Å². The first kappa shape index (κ1) is 21.4. The van der Waals surface area contributed by atoms with Gasteiger partial charge in [-0.1, -0.05) is 53.4 Å². The Morgan fingerprint density at radius 3 is 0.889 bits per heavy atom. The molecule has 0 aliphatic carbocycles. The van der Waals surface area contributed by atoms with Gasteiger partial charge >= 0.3 is 0 Å². The molecule has 0 spiro atoms. The van der Waals surface area contributed by atoms with Gasteiger partial charge in [0.1, 0.15) is 0 Å². The van der Waals surface area contributed by atoms with E-state index in [1.807, 2.05) is 0 Å². The van der Waals surface area contributed by atoms with Crippen molar-refractivity contribution in [2.45, 2.75) is 79.1 Å². The predicted molar refractivity (Wildman–Crippen MR) is 79.4 cm³/mol. The van der Waals surface area contributed by atoms with Gasteiger partial charge in [0.15, 0.2) is 0 Å². The molecule has 1 nitrogen and oxygen atoms in total. The molecule has 0 bridgehead atoms. The van der Waals surface area contributed by atoms with Crippen molar-refractivity contribution in [2.75, 3.05) is 26.2 Å². The molecule has 0 rings (SSSR count). The van der Waals surface area contributed by atoms with Crippen LogP contribution >= 0.6 is 0 Å². The minimum absolute atomic E-state index is 0. The zero-order valence-electron chi connectivity index (χ0n) is 13.5. The Labute approximate surface area is 142 Å². The summed E-state index contributed by atoms with van der Waals surface area (Å²) in [6.45, 7) is 15.0. The fourth-order valence-electron chi connectivity index (χ4n) is 2.64. The van der Waals surface area contributed by atoms with Gasteiger partial charge in [-0.2, -0.15) is 0 Å². The van der Waals surface area contributed by atoms with Crippen LogP contribution in [0, 0.1) is 0 Å². The molecule has 1 radical (unpaired) electrons. The van der Waals surface area contributed by atoms with Crippen LogP contribution in [0.3, 0.4) is 0 Å². The van der Waals surface area contributed by atoms with E-state index in [0.717, 1.165) is 0 Å². The third-order valence-corrected chi connectivity index (χ3v) is 3.94. The molecule has 2 heteroatoms. The van der Waals surface area contributed by atoms with Gasteiger partial charge in [-0.15, -0.1) is 0 Å². The first-order valence-corrected chi connectivity index (χ1v) is 8.09. The normalized spacial score (nSPS) is 11.3. The van der Waals surface area contributed by atoms with Crippen LogP contribution in [-0.4, -0.2) is 30.7 Å². The summed E-state index contributed by atoms with van der Waals surface area (Å²) in [7, 11) is 0. The number of unbranched alkanes of at least 4 members (excludes halogenated alkanes) is 4. The summed E-state index contributed by atoms with van der Waals surface area (Å²) in [6.07, 6.45) is 11.1. The summed E-state index contributed by atoms with van der Waals surface area (Å²) in [6, 6.07) is 0. The van der Waals surface area contributed by atoms with Gasteiger partial charge < -0.3 is 4.48 Å². The quantitative estimate of drug-likeness (QED) is 0.441. The van der Waals surface area contributed by atoms with E-state index in [9.17, 15) is 0 Å². The number of rotatable bonds is 12. The average Bonchev–Trinajstić information content (AvgIpc) is 2.37. The third kappa shape index (κ3) is 9.92. The molecule has 0 fully saturated rings. The van der Waals surface area contributed by atoms with Gasteiger partial charge in [0, 0.05) is 32.7 Å². The van der Waals surface area contributed by atoms with E-state index >= 15 is 0 Å². The van der Waals surface area contributed by atoms with Crippen molar-refractivity contribution in [3.63, 3.8) is 0 Å². The van der Waals surface area contributed by atoms with E-state index in [4.69, 9.17) is 0 Å². The molecule has 0 amide bonds. The van der Waals surface area contributed by atoms with E-state index in [2.05, 4.69) is 27.7 Å². The molecule has 107 valence electrons. The second-order valence-electron chi connectivity index (χ2n) is 5.65. The second-order valence-corrected chi connectivity index (χ2v) is 5.65. The van der Waals surface area contributed by atoms with Crippen molar-refractivity contribution in [2.24, 2.45) is 0 Å². The fourth-order valence-corrected chi connectivity index (χ4v) is 2.64. The average molecular weight is 331 g/mol. The van der Waals surface area contributed by atoms with E-state index < -0.39 is 0 Å². The van der Waals surface area contributed by atoms with Crippen LogP contribution in [0.25, 0.3) is 0 Å². The van der Waals surface area contributed by atoms with Gasteiger partial charge in [-0.3, -0.25) is 0 Å². The van der Waals surface area contributed by atoms with Crippen LogP contribution in [0.15, 0.2) is 0 Å². The predicted octanol–water partition coefficient (Wildman–Crippen LogP) is 5.00. The van der Waals surface area contributed by atoms with Crippen LogP contribution in [0.2, 0.25) is 0 Å². The van der Waals surface area contributed by atoms with Crippen molar-refractivity contribution in [1.82, 2.24) is 0 Å². The number of quaternary nitrogens is 1. The Morgan fingerprint density at radius 1 is 0.500 bits per heavy atom. The molecule has 0 unspecified atom stereocenters. The van der Waals surface area contributed by atoms with E-state index in [1.54, 1.807) is 0 Å². The minimum Gasteiger partial charge on any atom is -0.324 e. The molecule has 0 aromatic carbocycles. The summed E-state index contributed by atoms with van der Waals surface area (Å²) in [5, 5.41) is 0. The maximum Gasteiger partial charge on any atom is 0.0786 e. The summed E-state index contributed by atoms with van der Waals surface area (Å²) in [4.78, 5) is 0. The van der Waals surface area contributed by atoms with E-state index in [0.29, 0.717) is 0 Å². The molecule has 0 N–H and O–H groups in total. The first-order valence-electron chi connectivity index (χ1n) is 8.09. The van der Waals surface area contributed by atoms with E-state index in [1.165, 1.54) is 82.0 Å². The molecule has 0 aromatic heterocycles. The molecule has 0 atom stereocenters. The Bertz CT molecular complexity index is 122. The number of hydrogen-bond donors (Lipinski definition) is 0. The topological polar surface area (TPSA) is 0 Å². The second kappa shape index (κ2) is 14.5. The summed E-state index contributed by atoms with van der Waals surface area (Å²) in [5.74, 6) is 0. The van der Waals surface area contributed by atoms with Crippen molar-refractivity contribution in [1.29, 1.82) is 0 Å². The third-order valence-electron chi connectivity index (χ3n) is 3.94. The van der Waals surface area contributed by atoms with Crippen molar-refractivity contribution >= 4 is 0 Å². The summed E-state index contributed by atoms with van der Waals surface area (Å²) < 4.78 is 1.42. The smallest absolute Gasteiger partial charge is 0.0786 e. The SMILES string of the molecule is CCCC[N+](CCCC)(CCCC)CCCC.[Y]. The Hall–Kier alpha value is 1.06. The zero-order valence-corrected chi connectivity index (χ0v) is 16.3. The van der Waals surface area contributed by atoms with Crippen molar-refractivity contribution < 1.29 is 37.2 Å². The molecular weight excluding hydrogens is 295 g/mol. The molecule has 0 saturated carbocycles. The van der Waals surface area contributed by atoms with Crippen LogP contribution in [0.5, 0.6) is 0 Å². The van der Waals surface area contributed by atoms with Crippen LogP contribution in [0.4, 0.5) is 0 Å². The van der Waals surface area contributed by atoms with Gasteiger partial charge in [0.05, 0.1) is 26.2 Å². The molecule has 0 heterocycles. The summed E-state index contributed by atoms with van der Waals surface area (Å²) >= 11 is 0. The van der Waals surface area contributed by atoms with Gasteiger partial charge in [-0.25, -0.2) is 0 Å².